The molecule has 110 valence electrons. The van der Waals surface area contributed by atoms with Gasteiger partial charge in [0.1, 0.15) is 6.61 Å². The Balaban J connectivity index is 1.88. The minimum Gasteiger partial charge on any atom is -0.461 e. The molecule has 2 rings (SSSR count). The van der Waals surface area contributed by atoms with Crippen molar-refractivity contribution < 1.29 is 9.53 Å². The lowest BCUT2D eigenvalue weighted by atomic mass is 10.2. The molecule has 0 saturated carbocycles. The molecule has 0 aliphatic carbocycles. The minimum absolute atomic E-state index is 0.159. The van der Waals surface area contributed by atoms with E-state index in [1.165, 1.54) is 12.1 Å². The monoisotopic (exact) mass is 341 g/mol. The predicted molar refractivity (Wildman–Crippen MR) is 88.3 cm³/mol. The Morgan fingerprint density at radius 3 is 2.62 bits per heavy atom. The van der Waals surface area contributed by atoms with E-state index in [0.717, 1.165) is 4.90 Å². The Kier molecular flexibility index (Phi) is 5.79. The molecule has 0 fully saturated rings. The van der Waals surface area contributed by atoms with Gasteiger partial charge in [-0.15, -0.1) is 11.8 Å². The van der Waals surface area contributed by atoms with E-state index in [4.69, 9.17) is 33.7 Å². The molecule has 0 aromatic heterocycles. The predicted octanol–water partition coefficient (Wildman–Crippen LogP) is 4.52. The van der Waals surface area contributed by atoms with E-state index in [0.29, 0.717) is 11.4 Å². The van der Waals surface area contributed by atoms with Gasteiger partial charge in [-0.2, -0.15) is 0 Å². The van der Waals surface area contributed by atoms with Crippen molar-refractivity contribution in [2.75, 3.05) is 18.1 Å². The number of rotatable bonds is 5. The maximum absolute atomic E-state index is 12.0. The second-order valence-corrected chi connectivity index (χ2v) is 6.12. The lowest BCUT2D eigenvalue weighted by Crippen LogP contribution is -2.09. The van der Waals surface area contributed by atoms with Crippen molar-refractivity contribution in [3.05, 3.63) is 58.1 Å². The van der Waals surface area contributed by atoms with Crippen LogP contribution in [0.4, 0.5) is 5.69 Å². The van der Waals surface area contributed by atoms with E-state index in [1.807, 2.05) is 30.3 Å². The van der Waals surface area contributed by atoms with Crippen LogP contribution in [-0.2, 0) is 4.74 Å². The minimum atomic E-state index is -0.525. The summed E-state index contributed by atoms with van der Waals surface area (Å²) in [6, 6.07) is 12.8. The number of nitrogen functional groups attached to an aromatic ring is 1. The lowest BCUT2D eigenvalue weighted by Gasteiger charge is -2.08. The van der Waals surface area contributed by atoms with Crippen LogP contribution < -0.4 is 5.73 Å². The van der Waals surface area contributed by atoms with Gasteiger partial charge < -0.3 is 10.5 Å². The fraction of sp³-hybridized carbons (Fsp3) is 0.133. The summed E-state index contributed by atoms with van der Waals surface area (Å²) < 4.78 is 5.18. The Labute approximate surface area is 137 Å². The van der Waals surface area contributed by atoms with Crippen LogP contribution in [0.1, 0.15) is 10.4 Å². The topological polar surface area (TPSA) is 52.3 Å². The maximum Gasteiger partial charge on any atom is 0.339 e. The number of carbonyl (C=O) groups excluding carboxylic acids is 1. The molecule has 0 aliphatic heterocycles. The van der Waals surface area contributed by atoms with Crippen LogP contribution in [0.3, 0.4) is 0 Å². The summed E-state index contributed by atoms with van der Waals surface area (Å²) >= 11 is 13.5. The average Bonchev–Trinajstić information content (AvgIpc) is 2.48. The van der Waals surface area contributed by atoms with E-state index >= 15 is 0 Å². The highest BCUT2D eigenvalue weighted by Gasteiger charge is 2.15. The average molecular weight is 342 g/mol. The first-order valence-corrected chi connectivity index (χ1v) is 7.91. The van der Waals surface area contributed by atoms with Gasteiger partial charge in [0.05, 0.1) is 15.6 Å². The Morgan fingerprint density at radius 2 is 1.90 bits per heavy atom. The zero-order valence-corrected chi connectivity index (χ0v) is 13.3. The smallest absolute Gasteiger partial charge is 0.339 e. The van der Waals surface area contributed by atoms with Crippen molar-refractivity contribution in [3.63, 3.8) is 0 Å². The molecule has 0 spiro atoms. The van der Waals surface area contributed by atoms with Crippen LogP contribution in [0.2, 0.25) is 10.0 Å². The van der Waals surface area contributed by atoms with E-state index in [1.54, 1.807) is 11.8 Å². The van der Waals surface area contributed by atoms with E-state index in [2.05, 4.69) is 0 Å². The fourth-order valence-corrected chi connectivity index (χ4v) is 2.81. The van der Waals surface area contributed by atoms with Crippen LogP contribution in [-0.4, -0.2) is 18.3 Å². The summed E-state index contributed by atoms with van der Waals surface area (Å²) in [5.41, 5.74) is 6.20. The highest BCUT2D eigenvalue weighted by atomic mass is 35.5. The van der Waals surface area contributed by atoms with Crippen molar-refractivity contribution >= 4 is 46.6 Å². The van der Waals surface area contributed by atoms with E-state index in [9.17, 15) is 4.79 Å². The van der Waals surface area contributed by atoms with E-state index < -0.39 is 5.97 Å². The second kappa shape index (κ2) is 7.59. The van der Waals surface area contributed by atoms with Crippen LogP contribution in [0, 0.1) is 0 Å². The van der Waals surface area contributed by atoms with Crippen LogP contribution in [0.5, 0.6) is 0 Å². The summed E-state index contributed by atoms with van der Waals surface area (Å²) in [6.45, 7) is 0.279. The first kappa shape index (κ1) is 16.0. The molecule has 3 nitrogen and oxygen atoms in total. The quantitative estimate of drug-likeness (QED) is 0.376. The number of carbonyl (C=O) groups is 1. The first-order chi connectivity index (χ1) is 10.1. The van der Waals surface area contributed by atoms with Gasteiger partial charge in [0.2, 0.25) is 0 Å². The van der Waals surface area contributed by atoms with Crippen molar-refractivity contribution in [3.8, 4) is 0 Å². The number of esters is 1. The third kappa shape index (κ3) is 4.56. The summed E-state index contributed by atoms with van der Waals surface area (Å²) in [6.07, 6.45) is 0. The highest BCUT2D eigenvalue weighted by Crippen LogP contribution is 2.29. The highest BCUT2D eigenvalue weighted by molar-refractivity contribution is 7.99. The summed E-state index contributed by atoms with van der Waals surface area (Å²) in [5.74, 6) is 0.131. The Hall–Kier alpha value is -1.36. The number of halogens is 2. The van der Waals surface area contributed by atoms with Gasteiger partial charge in [-0.25, -0.2) is 4.79 Å². The zero-order chi connectivity index (χ0) is 15.2. The molecule has 0 unspecified atom stereocenters. The fourth-order valence-electron chi connectivity index (χ4n) is 1.65. The SMILES string of the molecule is Nc1cc(Cl)c(Cl)c(C(=O)OCCSc2ccccc2)c1. The number of ether oxygens (including phenoxy) is 1. The van der Waals surface area contributed by atoms with Gasteiger partial charge in [-0.05, 0) is 24.3 Å². The normalized spacial score (nSPS) is 10.4. The summed E-state index contributed by atoms with van der Waals surface area (Å²) in [7, 11) is 0. The molecule has 2 aromatic carbocycles. The number of hydrogen-bond acceptors (Lipinski definition) is 4. The van der Waals surface area contributed by atoms with Crippen LogP contribution >= 0.6 is 35.0 Å². The molecule has 0 bridgehead atoms. The lowest BCUT2D eigenvalue weighted by molar-refractivity contribution is 0.0530. The number of hydrogen-bond donors (Lipinski definition) is 1. The van der Waals surface area contributed by atoms with Gasteiger partial charge in [-0.1, -0.05) is 41.4 Å². The largest absolute Gasteiger partial charge is 0.461 e. The molecular weight excluding hydrogens is 329 g/mol. The number of thioether (sulfide) groups is 1. The van der Waals surface area contributed by atoms with Crippen LogP contribution in [0.15, 0.2) is 47.4 Å². The van der Waals surface area contributed by atoms with Gasteiger partial charge in [0, 0.05) is 16.3 Å². The first-order valence-electron chi connectivity index (χ1n) is 6.17. The summed E-state index contributed by atoms with van der Waals surface area (Å²) in [4.78, 5) is 13.1. The van der Waals surface area contributed by atoms with Gasteiger partial charge in [-0.3, -0.25) is 0 Å². The van der Waals surface area contributed by atoms with Crippen molar-refractivity contribution in [2.24, 2.45) is 0 Å². The molecule has 0 atom stereocenters. The van der Waals surface area contributed by atoms with Crippen molar-refractivity contribution in [2.45, 2.75) is 4.90 Å². The zero-order valence-electron chi connectivity index (χ0n) is 11.0. The van der Waals surface area contributed by atoms with Crippen molar-refractivity contribution in [1.82, 2.24) is 0 Å². The molecule has 2 N–H and O–H groups in total. The van der Waals surface area contributed by atoms with E-state index in [-0.39, 0.29) is 22.2 Å². The molecular formula is C15H13Cl2NO2S. The molecule has 2 aromatic rings. The molecule has 0 aliphatic rings. The molecule has 0 saturated heterocycles. The van der Waals surface area contributed by atoms with Gasteiger partial charge >= 0.3 is 5.97 Å². The number of nitrogens with two attached hydrogens (primary N) is 1. The third-order valence-electron chi connectivity index (χ3n) is 2.60. The molecule has 0 amide bonds. The molecule has 21 heavy (non-hydrogen) atoms. The summed E-state index contributed by atoms with van der Waals surface area (Å²) in [5, 5.41) is 0.397. The molecule has 6 heteroatoms. The number of anilines is 1. The van der Waals surface area contributed by atoms with Gasteiger partial charge in [0.15, 0.2) is 0 Å². The second-order valence-electron chi connectivity index (χ2n) is 4.16. The Morgan fingerprint density at radius 1 is 1.19 bits per heavy atom. The van der Waals surface area contributed by atoms with Crippen molar-refractivity contribution in [1.29, 1.82) is 0 Å². The third-order valence-corrected chi connectivity index (χ3v) is 4.38. The maximum atomic E-state index is 12.0. The van der Waals surface area contributed by atoms with Crippen LogP contribution in [0.25, 0.3) is 0 Å². The molecule has 0 heterocycles. The standard InChI is InChI=1S/C15H13Cl2NO2S/c16-13-9-10(18)8-12(14(13)17)15(19)20-6-7-21-11-4-2-1-3-5-11/h1-5,8-9H,6-7,18H2. The Bertz CT molecular complexity index is 635. The number of benzene rings is 2. The van der Waals surface area contributed by atoms with Gasteiger partial charge in [0.25, 0.3) is 0 Å². The molecule has 0 radical (unpaired) electrons.